The maximum absolute atomic E-state index is 10.2. The molecule has 0 aliphatic carbocycles. The van der Waals surface area contributed by atoms with Crippen LogP contribution in [-0.2, 0) is 0 Å². The summed E-state index contributed by atoms with van der Waals surface area (Å²) in [5.41, 5.74) is -2.98. The van der Waals surface area contributed by atoms with Crippen LogP contribution in [0.3, 0.4) is 0 Å². The summed E-state index contributed by atoms with van der Waals surface area (Å²) >= 11 is 0. The SMILES string of the molecule is [2H]c1cc([Si](c2ccccc2)(c2ccccc2)c2c([2H])c([2H])c([2H])c(C(=N)N=C(N=Cn3c4c([2H])c([2H])c([2H])c([2H])c4c4c([2H])c([2H])c([2H])c([2H])c43)n3c4c([2H])c([2H])c([2H])c([2H])c4c4c([2H])c([2H])c([2H])c([2H])c43)c2[2H])c([2H])c([2H])c1[2H]. The second-order valence-corrected chi connectivity index (χ2v) is 16.1. The predicted octanol–water partition coefficient (Wildman–Crippen LogP) is 9.09. The monoisotopic (exact) mass is 771 g/mol. The average molecular weight is 772 g/mol. The van der Waals surface area contributed by atoms with Gasteiger partial charge < -0.3 is 0 Å². The summed E-state index contributed by atoms with van der Waals surface area (Å²) in [4.78, 5) is 9.02. The van der Waals surface area contributed by atoms with Crippen molar-refractivity contribution in [2.75, 3.05) is 0 Å². The summed E-state index contributed by atoms with van der Waals surface area (Å²) in [6.45, 7) is 0. The Morgan fingerprint density at radius 3 is 1.56 bits per heavy atom. The molecule has 0 spiro atoms. The highest BCUT2D eigenvalue weighted by Gasteiger charge is 2.41. The van der Waals surface area contributed by atoms with Gasteiger partial charge in [-0.3, -0.25) is 14.5 Å². The van der Waals surface area contributed by atoms with Crippen molar-refractivity contribution in [3.05, 3.63) is 217 Å². The Labute approximate surface area is 365 Å². The van der Waals surface area contributed by atoms with Gasteiger partial charge >= 0.3 is 0 Å². The lowest BCUT2D eigenvalue weighted by atomic mass is 10.2. The van der Waals surface area contributed by atoms with Gasteiger partial charge in [-0.1, -0.05) is 188 Å². The minimum absolute atomic E-state index is 0.0769. The normalized spacial score (nSPS) is 18.2. The number of nitrogens with zero attached hydrogens (tertiary/aromatic N) is 4. The average Bonchev–Trinajstić information content (AvgIpc) is 2.41. The molecule has 0 bridgehead atoms. The Hall–Kier alpha value is -7.41. The Kier molecular flexibility index (Phi) is 4.32. The van der Waals surface area contributed by atoms with Crippen LogP contribution < -0.4 is 20.7 Å². The molecule has 0 aliphatic rings. The van der Waals surface area contributed by atoms with Crippen molar-refractivity contribution >= 4 is 90.6 Å². The van der Waals surface area contributed by atoms with Crippen molar-refractivity contribution in [3.8, 4) is 0 Å². The standard InChI is InChI=1S/C51H37N5Si/c52-50(37-19-18-26-41(35-37)57(38-20-4-1-5-21-38,39-22-6-2-7-23-39)40-24-8-3-9-25-40)54-51(56-48-33-16-12-29-44(48)45-30-13-17-34-49(45)56)53-36-55-46-31-14-10-27-42(46)43-28-11-15-32-47(43)55/h1-36,52H/i1D,4D,5D,10D,11D,12D,13D,14D,15D,16D,17D,18D,19D,20D,26D,27D,28D,29D,30D,31D,32D,33D,34D,35D. The van der Waals surface area contributed by atoms with Crippen LogP contribution in [0.25, 0.3) is 43.6 Å². The number of para-hydroxylation sites is 4. The number of fused-ring (bicyclic) bond motifs is 6. The van der Waals surface area contributed by atoms with Gasteiger partial charge in [0.25, 0.3) is 0 Å². The number of benzene rings is 8. The van der Waals surface area contributed by atoms with E-state index in [2.05, 4.69) is 9.98 Å². The zero-order chi connectivity index (χ0) is 59.1. The van der Waals surface area contributed by atoms with E-state index < -0.39 is 214 Å². The van der Waals surface area contributed by atoms with E-state index in [9.17, 15) is 15.0 Å². The molecule has 0 radical (unpaired) electrons. The lowest BCUT2D eigenvalue weighted by Crippen LogP contribution is -2.74. The van der Waals surface area contributed by atoms with Gasteiger partial charge in [0.1, 0.15) is 6.34 Å². The molecule has 270 valence electrons. The van der Waals surface area contributed by atoms with Gasteiger partial charge in [0.2, 0.25) is 5.96 Å². The Bertz CT molecular complexity index is 4350. The van der Waals surface area contributed by atoms with Crippen LogP contribution >= 0.6 is 0 Å². The first-order valence-corrected chi connectivity index (χ1v) is 19.2. The fourth-order valence-corrected chi connectivity index (χ4v) is 11.3. The Balaban J connectivity index is 1.40. The van der Waals surface area contributed by atoms with Gasteiger partial charge in [0, 0.05) is 27.1 Å². The highest BCUT2D eigenvalue weighted by Crippen LogP contribution is 2.30. The molecule has 0 saturated carbocycles. The predicted molar refractivity (Wildman–Crippen MR) is 242 cm³/mol. The third-order valence-electron chi connectivity index (χ3n) is 9.40. The molecule has 10 rings (SSSR count). The van der Waals surface area contributed by atoms with Crippen LogP contribution in [0, 0.1) is 5.41 Å². The second-order valence-electron chi connectivity index (χ2n) is 12.4. The number of nitrogens with one attached hydrogen (secondary N) is 1. The highest BCUT2D eigenvalue weighted by atomic mass is 28.3. The molecular formula is C51H37N5Si. The van der Waals surface area contributed by atoms with Crippen LogP contribution in [0.1, 0.15) is 38.5 Å². The quantitative estimate of drug-likeness (QED) is 0.0760. The smallest absolute Gasteiger partial charge is 0.238 e. The number of hydrogen-bond donors (Lipinski definition) is 1. The zero-order valence-corrected chi connectivity index (χ0v) is 30.2. The van der Waals surface area contributed by atoms with Crippen molar-refractivity contribution in [2.45, 2.75) is 0 Å². The van der Waals surface area contributed by atoms with Gasteiger partial charge in [0.05, 0.1) is 55.0 Å². The molecule has 2 heterocycles. The molecule has 0 fully saturated rings. The zero-order valence-electron chi connectivity index (χ0n) is 53.2. The first-order valence-electron chi connectivity index (χ1n) is 29.2. The Morgan fingerprint density at radius 2 is 0.982 bits per heavy atom. The van der Waals surface area contributed by atoms with Gasteiger partial charge in [-0.2, -0.15) is 4.99 Å². The van der Waals surface area contributed by atoms with Crippen LogP contribution in [-0.4, -0.2) is 35.3 Å². The van der Waals surface area contributed by atoms with E-state index in [1.54, 1.807) is 60.7 Å². The third kappa shape index (κ3) is 5.74. The molecule has 0 aliphatic heterocycles. The molecule has 6 heteroatoms. The van der Waals surface area contributed by atoms with E-state index in [1.165, 1.54) is 6.07 Å². The van der Waals surface area contributed by atoms with Crippen molar-refractivity contribution in [2.24, 2.45) is 9.98 Å². The second kappa shape index (κ2) is 14.3. The molecule has 5 nitrogen and oxygen atoms in total. The molecule has 10 aromatic rings. The lowest BCUT2D eigenvalue weighted by molar-refractivity contribution is 1.21. The van der Waals surface area contributed by atoms with Crippen LogP contribution in [0.5, 0.6) is 0 Å². The summed E-state index contributed by atoms with van der Waals surface area (Å²) in [6, 6.07) is -1.17. The van der Waals surface area contributed by atoms with Gasteiger partial charge in [-0.25, -0.2) is 4.99 Å². The van der Waals surface area contributed by atoms with Crippen molar-refractivity contribution in [1.82, 2.24) is 9.13 Å². The van der Waals surface area contributed by atoms with Crippen LogP contribution in [0.2, 0.25) is 0 Å². The topological polar surface area (TPSA) is 58.4 Å². The van der Waals surface area contributed by atoms with E-state index in [1.807, 2.05) is 0 Å². The molecule has 2 aromatic heterocycles. The van der Waals surface area contributed by atoms with Crippen LogP contribution in [0.4, 0.5) is 0 Å². The number of amidine groups is 1. The molecule has 0 unspecified atom stereocenters. The summed E-state index contributed by atoms with van der Waals surface area (Å²) < 4.78 is 217. The molecule has 57 heavy (non-hydrogen) atoms. The summed E-state index contributed by atoms with van der Waals surface area (Å²) in [7, 11) is -4.57. The largest absolute Gasteiger partial charge is 0.300 e. The summed E-state index contributed by atoms with van der Waals surface area (Å²) in [5.74, 6) is -2.14. The molecule has 0 atom stereocenters. The van der Waals surface area contributed by atoms with Gasteiger partial charge in [-0.15, -0.1) is 0 Å². The lowest BCUT2D eigenvalue weighted by Gasteiger charge is -2.34. The number of hydrogen-bond acceptors (Lipinski definition) is 1. The summed E-state index contributed by atoms with van der Waals surface area (Å²) in [6.07, 6.45) is 0.746. The van der Waals surface area contributed by atoms with E-state index in [0.29, 0.717) is 10.4 Å². The van der Waals surface area contributed by atoms with Crippen molar-refractivity contribution in [1.29, 1.82) is 5.41 Å². The first-order chi connectivity index (χ1) is 38.2. The van der Waals surface area contributed by atoms with Gasteiger partial charge in [0.15, 0.2) is 13.9 Å². The third-order valence-corrected chi connectivity index (χ3v) is 13.9. The maximum Gasteiger partial charge on any atom is 0.238 e. The van der Waals surface area contributed by atoms with E-state index in [4.69, 9.17) is 23.3 Å². The molecule has 8 aromatic carbocycles. The number of aliphatic imine (C=N–C) groups is 2. The molecular weight excluding hydrogens is 711 g/mol. The van der Waals surface area contributed by atoms with Crippen molar-refractivity contribution < 1.29 is 32.9 Å². The fraction of sp³-hybridized carbons (Fsp3) is 0. The maximum atomic E-state index is 10.2. The fourth-order valence-electron chi connectivity index (χ4n) is 6.99. The van der Waals surface area contributed by atoms with Crippen molar-refractivity contribution in [3.63, 3.8) is 0 Å². The van der Waals surface area contributed by atoms with Gasteiger partial charge in [-0.05, 0) is 44.9 Å². The van der Waals surface area contributed by atoms with Crippen LogP contribution in [0.15, 0.2) is 222 Å². The molecule has 0 saturated heterocycles. The first kappa shape index (κ1) is 17.2. The van der Waals surface area contributed by atoms with E-state index in [0.717, 1.165) is 15.5 Å². The molecule has 0 amide bonds. The minimum atomic E-state index is -4.57. The van der Waals surface area contributed by atoms with E-state index in [-0.39, 0.29) is 10.4 Å². The van der Waals surface area contributed by atoms with E-state index >= 15 is 0 Å². The number of rotatable bonds is 6. The highest BCUT2D eigenvalue weighted by molar-refractivity contribution is 7.19. The Morgan fingerprint density at radius 1 is 0.491 bits per heavy atom. The number of aromatic nitrogens is 2. The summed E-state index contributed by atoms with van der Waals surface area (Å²) in [5, 5.41) is 8.36. The molecule has 1 N–H and O–H groups in total. The minimum Gasteiger partial charge on any atom is -0.300 e.